The predicted molar refractivity (Wildman–Crippen MR) is 109 cm³/mol. The highest BCUT2D eigenvalue weighted by Gasteiger charge is 2.24. The summed E-state index contributed by atoms with van der Waals surface area (Å²) in [4.78, 5) is 14.2. The van der Waals surface area contributed by atoms with Gasteiger partial charge in [-0.25, -0.2) is 12.8 Å². The van der Waals surface area contributed by atoms with Crippen LogP contribution in [0.3, 0.4) is 0 Å². The molecule has 2 N–H and O–H groups in total. The highest BCUT2D eigenvalue weighted by atomic mass is 32.2. The van der Waals surface area contributed by atoms with Crippen molar-refractivity contribution >= 4 is 15.9 Å². The number of amides is 1. The fourth-order valence-electron chi connectivity index (χ4n) is 3.32. The molecule has 1 aliphatic rings. The average Bonchev–Trinajstić information content (AvgIpc) is 3.20. The van der Waals surface area contributed by atoms with Gasteiger partial charge in [-0.05, 0) is 56.1 Å². The molecule has 1 amide bonds. The van der Waals surface area contributed by atoms with E-state index in [1.54, 1.807) is 0 Å². The van der Waals surface area contributed by atoms with E-state index in [1.165, 1.54) is 37.5 Å². The van der Waals surface area contributed by atoms with Crippen LogP contribution in [0.15, 0.2) is 53.4 Å². The van der Waals surface area contributed by atoms with Gasteiger partial charge in [0.1, 0.15) is 10.7 Å². The van der Waals surface area contributed by atoms with Crippen LogP contribution >= 0.6 is 0 Å². The molecule has 1 heterocycles. The number of sulfonamides is 1. The van der Waals surface area contributed by atoms with Crippen molar-refractivity contribution in [3.63, 3.8) is 0 Å². The Hall–Kier alpha value is -2.29. The van der Waals surface area contributed by atoms with Gasteiger partial charge < -0.3 is 5.32 Å². The maximum absolute atomic E-state index is 13.7. The Balaban J connectivity index is 1.51. The molecule has 1 fully saturated rings. The third-order valence-corrected chi connectivity index (χ3v) is 6.52. The summed E-state index contributed by atoms with van der Waals surface area (Å²) in [5.41, 5.74) is 2.15. The minimum atomic E-state index is -4.13. The van der Waals surface area contributed by atoms with E-state index in [9.17, 15) is 17.6 Å². The largest absolute Gasteiger partial charge is 0.351 e. The Morgan fingerprint density at radius 3 is 2.34 bits per heavy atom. The SMILES string of the molecule is C[C@H](NS(=O)(=O)c1ccccc1F)C(=O)NCc1ccc(CN2CCCC2)cc1. The Bertz CT molecular complexity index is 942. The van der Waals surface area contributed by atoms with Crippen molar-refractivity contribution in [1.29, 1.82) is 0 Å². The molecule has 0 spiro atoms. The molecule has 1 saturated heterocycles. The first kappa shape index (κ1) is 21.4. The Morgan fingerprint density at radius 1 is 1.07 bits per heavy atom. The van der Waals surface area contributed by atoms with E-state index in [1.807, 2.05) is 24.3 Å². The van der Waals surface area contributed by atoms with E-state index in [2.05, 4.69) is 14.9 Å². The van der Waals surface area contributed by atoms with Crippen LogP contribution in [-0.4, -0.2) is 38.4 Å². The number of benzene rings is 2. The molecule has 1 aliphatic heterocycles. The maximum atomic E-state index is 13.7. The first-order chi connectivity index (χ1) is 13.8. The molecule has 156 valence electrons. The van der Waals surface area contributed by atoms with Crippen LogP contribution in [0.5, 0.6) is 0 Å². The van der Waals surface area contributed by atoms with Crippen LogP contribution < -0.4 is 10.0 Å². The average molecular weight is 420 g/mol. The minimum absolute atomic E-state index is 0.286. The molecule has 0 aromatic heterocycles. The molecule has 29 heavy (non-hydrogen) atoms. The van der Waals surface area contributed by atoms with E-state index in [0.717, 1.165) is 37.3 Å². The summed E-state index contributed by atoms with van der Waals surface area (Å²) in [6, 6.07) is 12.0. The number of hydrogen-bond donors (Lipinski definition) is 2. The summed E-state index contributed by atoms with van der Waals surface area (Å²) in [6.07, 6.45) is 2.51. The van der Waals surface area contributed by atoms with Crippen molar-refractivity contribution in [2.75, 3.05) is 13.1 Å². The molecule has 0 bridgehead atoms. The van der Waals surface area contributed by atoms with Crippen molar-refractivity contribution in [3.05, 3.63) is 65.5 Å². The van der Waals surface area contributed by atoms with Gasteiger partial charge in [-0.1, -0.05) is 36.4 Å². The first-order valence-electron chi connectivity index (χ1n) is 9.70. The first-order valence-corrected chi connectivity index (χ1v) is 11.2. The summed E-state index contributed by atoms with van der Waals surface area (Å²) in [5, 5.41) is 2.71. The molecule has 3 rings (SSSR count). The van der Waals surface area contributed by atoms with Gasteiger partial charge in [0, 0.05) is 13.1 Å². The monoisotopic (exact) mass is 419 g/mol. The number of nitrogens with zero attached hydrogens (tertiary/aromatic N) is 1. The van der Waals surface area contributed by atoms with Gasteiger partial charge in [-0.2, -0.15) is 4.72 Å². The fraction of sp³-hybridized carbons (Fsp3) is 0.381. The number of likely N-dealkylation sites (tertiary alicyclic amines) is 1. The van der Waals surface area contributed by atoms with Gasteiger partial charge in [-0.3, -0.25) is 9.69 Å². The van der Waals surface area contributed by atoms with Gasteiger partial charge in [0.05, 0.1) is 6.04 Å². The minimum Gasteiger partial charge on any atom is -0.351 e. The lowest BCUT2D eigenvalue weighted by molar-refractivity contribution is -0.122. The normalized spacial score (nSPS) is 15.9. The van der Waals surface area contributed by atoms with E-state index in [0.29, 0.717) is 0 Å². The maximum Gasteiger partial charge on any atom is 0.244 e. The molecule has 8 heteroatoms. The Morgan fingerprint density at radius 2 is 1.69 bits per heavy atom. The number of hydrogen-bond acceptors (Lipinski definition) is 4. The van der Waals surface area contributed by atoms with Gasteiger partial charge in [-0.15, -0.1) is 0 Å². The zero-order chi connectivity index (χ0) is 20.9. The molecule has 2 aromatic carbocycles. The van der Waals surface area contributed by atoms with Gasteiger partial charge >= 0.3 is 0 Å². The van der Waals surface area contributed by atoms with Crippen LogP contribution in [0, 0.1) is 5.82 Å². The van der Waals surface area contributed by atoms with Crippen molar-refractivity contribution in [2.45, 2.75) is 43.8 Å². The van der Waals surface area contributed by atoms with Crippen molar-refractivity contribution in [1.82, 2.24) is 14.9 Å². The summed E-state index contributed by atoms with van der Waals surface area (Å²) >= 11 is 0. The number of carbonyl (C=O) groups is 1. The third-order valence-electron chi connectivity index (χ3n) is 4.95. The lowest BCUT2D eigenvalue weighted by Gasteiger charge is -2.16. The Labute approximate surface area is 171 Å². The summed E-state index contributed by atoms with van der Waals surface area (Å²) < 4.78 is 40.5. The van der Waals surface area contributed by atoms with Crippen LogP contribution in [0.1, 0.15) is 30.9 Å². The standard InChI is InChI=1S/C21H26FN3O3S/c1-16(24-29(27,28)20-7-3-2-6-19(20)22)21(26)23-14-17-8-10-18(11-9-17)15-25-12-4-5-13-25/h2-3,6-11,16,24H,4-5,12-15H2,1H3,(H,23,26)/t16-/m0/s1. The van der Waals surface area contributed by atoms with Gasteiger partial charge in [0.25, 0.3) is 0 Å². The van der Waals surface area contributed by atoms with E-state index >= 15 is 0 Å². The van der Waals surface area contributed by atoms with Crippen LogP contribution in [-0.2, 0) is 27.9 Å². The zero-order valence-electron chi connectivity index (χ0n) is 16.4. The topological polar surface area (TPSA) is 78.5 Å². The fourth-order valence-corrected chi connectivity index (χ4v) is 4.60. The molecule has 0 saturated carbocycles. The lowest BCUT2D eigenvalue weighted by Crippen LogP contribution is -2.44. The molecular formula is C21H26FN3O3S. The quantitative estimate of drug-likeness (QED) is 0.689. The number of carbonyl (C=O) groups excluding carboxylic acids is 1. The zero-order valence-corrected chi connectivity index (χ0v) is 17.2. The smallest absolute Gasteiger partial charge is 0.244 e. The van der Waals surface area contributed by atoms with Crippen LogP contribution in [0.4, 0.5) is 4.39 Å². The van der Waals surface area contributed by atoms with Crippen LogP contribution in [0.2, 0.25) is 0 Å². The second-order valence-electron chi connectivity index (χ2n) is 7.29. The molecule has 1 atom stereocenters. The highest BCUT2D eigenvalue weighted by molar-refractivity contribution is 7.89. The van der Waals surface area contributed by atoms with Crippen molar-refractivity contribution in [2.24, 2.45) is 0 Å². The lowest BCUT2D eigenvalue weighted by atomic mass is 10.1. The highest BCUT2D eigenvalue weighted by Crippen LogP contribution is 2.15. The van der Waals surface area contributed by atoms with Crippen molar-refractivity contribution < 1.29 is 17.6 Å². The molecule has 0 radical (unpaired) electrons. The van der Waals surface area contributed by atoms with Gasteiger partial charge in [0.2, 0.25) is 15.9 Å². The number of halogens is 1. The predicted octanol–water partition coefficient (Wildman–Crippen LogP) is 2.40. The summed E-state index contributed by atoms with van der Waals surface area (Å²) in [7, 11) is -4.13. The second kappa shape index (κ2) is 9.47. The summed E-state index contributed by atoms with van der Waals surface area (Å²) in [5.74, 6) is -1.34. The Kier molecular flexibility index (Phi) is 7.00. The molecular weight excluding hydrogens is 393 g/mol. The van der Waals surface area contributed by atoms with E-state index in [4.69, 9.17) is 0 Å². The molecule has 2 aromatic rings. The number of nitrogens with one attached hydrogen (secondary N) is 2. The molecule has 6 nitrogen and oxygen atoms in total. The van der Waals surface area contributed by atoms with E-state index < -0.39 is 32.7 Å². The van der Waals surface area contributed by atoms with Gasteiger partial charge in [0.15, 0.2) is 0 Å². The summed E-state index contributed by atoms with van der Waals surface area (Å²) in [6.45, 7) is 4.92. The number of rotatable bonds is 8. The molecule has 0 aliphatic carbocycles. The molecule has 0 unspecified atom stereocenters. The second-order valence-corrected chi connectivity index (χ2v) is 8.97. The third kappa shape index (κ3) is 5.85. The van der Waals surface area contributed by atoms with Crippen molar-refractivity contribution in [3.8, 4) is 0 Å². The van der Waals surface area contributed by atoms with E-state index in [-0.39, 0.29) is 6.54 Å². The van der Waals surface area contributed by atoms with Crippen LogP contribution in [0.25, 0.3) is 0 Å².